The topological polar surface area (TPSA) is 56.3 Å². The summed E-state index contributed by atoms with van der Waals surface area (Å²) < 4.78 is 13.9. The van der Waals surface area contributed by atoms with Crippen molar-refractivity contribution in [3.05, 3.63) is 60.2 Å². The average molecular weight is 506 g/mol. The van der Waals surface area contributed by atoms with Crippen LogP contribution in [0.2, 0.25) is 0 Å². The number of anilines is 3. The zero-order chi connectivity index (χ0) is 27.1. The van der Waals surface area contributed by atoms with Gasteiger partial charge >= 0.3 is 5.97 Å². The van der Waals surface area contributed by atoms with Crippen molar-refractivity contribution in [2.45, 2.75) is 32.1 Å². The fourth-order valence-electron chi connectivity index (χ4n) is 5.03. The van der Waals surface area contributed by atoms with E-state index in [1.165, 1.54) is 31.0 Å². The second kappa shape index (κ2) is 12.8. The number of benzene rings is 2. The van der Waals surface area contributed by atoms with Crippen LogP contribution in [0.1, 0.15) is 39.0 Å². The van der Waals surface area contributed by atoms with Gasteiger partial charge < -0.3 is 14.5 Å². The fraction of sp³-hybridized carbons (Fsp3) is 0.467. The molecule has 1 amide bonds. The van der Waals surface area contributed by atoms with Crippen molar-refractivity contribution >= 4 is 35.0 Å². The van der Waals surface area contributed by atoms with Crippen molar-refractivity contribution in [2.24, 2.45) is 5.92 Å². The molecule has 2 aromatic rings. The highest BCUT2D eigenvalue weighted by atomic mass is 16.5. The van der Waals surface area contributed by atoms with Gasteiger partial charge in [-0.1, -0.05) is 31.4 Å². The van der Waals surface area contributed by atoms with Gasteiger partial charge in [0.25, 0.3) is 0 Å². The Balaban J connectivity index is 1.52. The lowest BCUT2D eigenvalue weighted by molar-refractivity contribution is -0.134. The molecule has 7 heteroatoms. The Morgan fingerprint density at radius 3 is 2.35 bits per heavy atom. The third-order valence-electron chi connectivity index (χ3n) is 7.28. The number of amides is 1. The largest absolute Gasteiger partial charge is 0.466 e. The molecule has 4 rings (SSSR count). The molecule has 1 aliphatic carbocycles. The zero-order valence-corrected chi connectivity index (χ0v) is 22.3. The maximum atomic E-state index is 13.9. The average Bonchev–Trinajstić information content (AvgIpc) is 2.96. The number of esters is 1. The highest BCUT2D eigenvalue weighted by molar-refractivity contribution is 5.95. The fourth-order valence-corrected chi connectivity index (χ4v) is 5.03. The van der Waals surface area contributed by atoms with Crippen molar-refractivity contribution in [3.63, 3.8) is 0 Å². The van der Waals surface area contributed by atoms with Gasteiger partial charge in [-0.2, -0.15) is 0 Å². The third kappa shape index (κ3) is 7.13. The normalized spacial score (nSPS) is 18.4. The Labute approximate surface area is 222 Å². The SMILES string of the molecule is [2H]C(N1CCN(c2ccc(N(C)C)cc2)CC1)N(C(=O)C1CCCCC1)c1cccc(/C=C/C(=O)OC)c1. The Bertz CT molecular complexity index is 1110. The van der Waals surface area contributed by atoms with Crippen LogP contribution in [0.5, 0.6) is 0 Å². The number of rotatable bonds is 8. The first-order valence-electron chi connectivity index (χ1n) is 13.8. The third-order valence-corrected chi connectivity index (χ3v) is 7.28. The van der Waals surface area contributed by atoms with Gasteiger partial charge in [0.1, 0.15) is 0 Å². The van der Waals surface area contributed by atoms with E-state index in [4.69, 9.17) is 4.74 Å². The monoisotopic (exact) mass is 505 g/mol. The van der Waals surface area contributed by atoms with Crippen LogP contribution in [-0.4, -0.2) is 70.8 Å². The van der Waals surface area contributed by atoms with Gasteiger partial charge in [0.05, 0.1) is 15.1 Å². The molecular weight excluding hydrogens is 464 g/mol. The van der Waals surface area contributed by atoms with Crippen molar-refractivity contribution in [1.29, 1.82) is 0 Å². The Morgan fingerprint density at radius 2 is 1.70 bits per heavy atom. The minimum atomic E-state index is -0.817. The Kier molecular flexibility index (Phi) is 8.74. The number of hydrogen-bond acceptors (Lipinski definition) is 6. The van der Waals surface area contributed by atoms with Crippen molar-refractivity contribution in [3.8, 4) is 0 Å². The molecule has 0 bridgehead atoms. The van der Waals surface area contributed by atoms with Crippen LogP contribution >= 0.6 is 0 Å². The summed E-state index contributed by atoms with van der Waals surface area (Å²) in [4.78, 5) is 33.6. The van der Waals surface area contributed by atoms with E-state index in [0.717, 1.165) is 44.3 Å². The number of hydrogen-bond donors (Lipinski definition) is 0. The molecule has 1 heterocycles. The van der Waals surface area contributed by atoms with E-state index >= 15 is 0 Å². The summed E-state index contributed by atoms with van der Waals surface area (Å²) in [6.07, 6.45) is 8.08. The van der Waals surface area contributed by atoms with Crippen molar-refractivity contribution < 1.29 is 15.7 Å². The molecule has 7 nitrogen and oxygen atoms in total. The lowest BCUT2D eigenvalue weighted by Crippen LogP contribution is -2.52. The predicted octanol–water partition coefficient (Wildman–Crippen LogP) is 4.63. The summed E-state index contributed by atoms with van der Waals surface area (Å²) in [5.41, 5.74) is 3.82. The standard InChI is InChI=1S/C30H40N4O3/c1-31(2)26-13-15-27(16-14-26)33-20-18-32(19-21-33)23-34(30(36)25-9-5-4-6-10-25)28-11-7-8-24(22-28)12-17-29(35)37-3/h7-8,11-17,22,25H,4-6,9-10,18-21,23H2,1-3H3/b17-12+/i23D. The second-order valence-electron chi connectivity index (χ2n) is 10.0. The molecule has 2 fully saturated rings. The molecule has 1 saturated carbocycles. The highest BCUT2D eigenvalue weighted by Crippen LogP contribution is 2.29. The van der Waals surface area contributed by atoms with E-state index in [1.807, 2.05) is 38.4 Å². The smallest absolute Gasteiger partial charge is 0.330 e. The van der Waals surface area contributed by atoms with Gasteiger partial charge in [-0.25, -0.2) is 4.79 Å². The minimum Gasteiger partial charge on any atom is -0.466 e. The van der Waals surface area contributed by atoms with Crippen LogP contribution in [0.4, 0.5) is 17.1 Å². The molecule has 1 atom stereocenters. The number of carbonyl (C=O) groups is 2. The molecule has 198 valence electrons. The zero-order valence-electron chi connectivity index (χ0n) is 23.3. The van der Waals surface area contributed by atoms with Crippen molar-refractivity contribution in [1.82, 2.24) is 4.90 Å². The van der Waals surface area contributed by atoms with Gasteiger partial charge in [0.15, 0.2) is 0 Å². The molecule has 2 aromatic carbocycles. The molecule has 0 radical (unpaired) electrons. The van der Waals surface area contributed by atoms with Gasteiger partial charge in [-0.05, 0) is 60.9 Å². The van der Waals surface area contributed by atoms with E-state index in [0.29, 0.717) is 18.8 Å². The van der Waals surface area contributed by atoms with E-state index in [1.54, 1.807) is 11.0 Å². The van der Waals surface area contributed by atoms with E-state index < -0.39 is 12.6 Å². The van der Waals surface area contributed by atoms with Gasteiger partial charge in [-0.3, -0.25) is 14.6 Å². The van der Waals surface area contributed by atoms with Crippen LogP contribution < -0.4 is 14.7 Å². The summed E-state index contributed by atoms with van der Waals surface area (Å²) in [6, 6.07) is 16.1. The summed E-state index contributed by atoms with van der Waals surface area (Å²) >= 11 is 0. The van der Waals surface area contributed by atoms with Crippen molar-refractivity contribution in [2.75, 3.05) is 68.7 Å². The number of methoxy groups -OCH3 is 1. The summed E-state index contributed by atoms with van der Waals surface area (Å²) in [7, 11) is 5.41. The van der Waals surface area contributed by atoms with Crippen LogP contribution in [-0.2, 0) is 14.3 Å². The van der Waals surface area contributed by atoms with Gasteiger partial charge in [-0.15, -0.1) is 0 Å². The van der Waals surface area contributed by atoms with Crippen LogP contribution in [0.15, 0.2) is 54.6 Å². The summed E-state index contributed by atoms with van der Waals surface area (Å²) in [5.74, 6) is -0.457. The number of ether oxygens (including phenoxy) is 1. The van der Waals surface area contributed by atoms with Crippen LogP contribution in [0.25, 0.3) is 6.08 Å². The van der Waals surface area contributed by atoms with Crippen LogP contribution in [0.3, 0.4) is 0 Å². The molecule has 0 spiro atoms. The Morgan fingerprint density at radius 1 is 1.00 bits per heavy atom. The highest BCUT2D eigenvalue weighted by Gasteiger charge is 2.29. The molecule has 1 aliphatic heterocycles. The maximum absolute atomic E-state index is 13.9. The molecule has 1 saturated heterocycles. The molecule has 0 aromatic heterocycles. The van der Waals surface area contributed by atoms with E-state index in [9.17, 15) is 11.0 Å². The predicted molar refractivity (Wildman–Crippen MR) is 151 cm³/mol. The number of carbonyl (C=O) groups excluding carboxylic acids is 2. The van der Waals surface area contributed by atoms with E-state index in [-0.39, 0.29) is 11.8 Å². The Hall–Kier alpha value is -3.32. The lowest BCUT2D eigenvalue weighted by Gasteiger charge is -2.39. The summed E-state index contributed by atoms with van der Waals surface area (Å²) in [6.45, 7) is 2.16. The summed E-state index contributed by atoms with van der Waals surface area (Å²) in [5, 5.41) is 0. The number of nitrogens with zero attached hydrogens (tertiary/aromatic N) is 4. The molecule has 1 unspecified atom stereocenters. The molecule has 2 aliphatic rings. The first kappa shape index (κ1) is 25.3. The van der Waals surface area contributed by atoms with Crippen LogP contribution in [0, 0.1) is 5.92 Å². The maximum Gasteiger partial charge on any atom is 0.330 e. The first-order chi connectivity index (χ1) is 18.4. The van der Waals surface area contributed by atoms with E-state index in [2.05, 4.69) is 39.0 Å². The first-order valence-corrected chi connectivity index (χ1v) is 13.2. The molecule has 0 N–H and O–H groups in total. The number of piperazine rings is 1. The quantitative estimate of drug-likeness (QED) is 0.385. The van der Waals surface area contributed by atoms with Gasteiger partial charge in [0, 0.05) is 69.3 Å². The second-order valence-corrected chi connectivity index (χ2v) is 10.0. The van der Waals surface area contributed by atoms with Gasteiger partial charge in [0.2, 0.25) is 5.91 Å². The molecular formula is C30H40N4O3. The minimum absolute atomic E-state index is 0.0282. The lowest BCUT2D eigenvalue weighted by atomic mass is 9.88. The molecule has 37 heavy (non-hydrogen) atoms.